The highest BCUT2D eigenvalue weighted by Gasteiger charge is 2.23. The van der Waals surface area contributed by atoms with Crippen LogP contribution in [0.3, 0.4) is 0 Å². The number of anilines is 1. The van der Waals surface area contributed by atoms with Crippen LogP contribution in [0.2, 0.25) is 0 Å². The molecule has 0 radical (unpaired) electrons. The molecule has 3 N–H and O–H groups in total. The SMILES string of the molecule is Cc1cc(C(=N)N)cc(N(C)C2CCCC(C)C2)n1. The molecular weight excluding hydrogens is 236 g/mol. The number of amidine groups is 1. The summed E-state index contributed by atoms with van der Waals surface area (Å²) in [6.45, 7) is 4.28. The number of aryl methyl sites for hydroxylation is 1. The van der Waals surface area contributed by atoms with E-state index in [1.165, 1.54) is 25.7 Å². The second-order valence-corrected chi connectivity index (χ2v) is 5.81. The van der Waals surface area contributed by atoms with Crippen LogP contribution in [0.25, 0.3) is 0 Å². The van der Waals surface area contributed by atoms with Gasteiger partial charge >= 0.3 is 0 Å². The van der Waals surface area contributed by atoms with Crippen molar-refractivity contribution in [1.82, 2.24) is 4.98 Å². The Morgan fingerprint density at radius 3 is 2.79 bits per heavy atom. The van der Waals surface area contributed by atoms with E-state index in [0.29, 0.717) is 6.04 Å². The number of nitrogens with one attached hydrogen (secondary N) is 1. The molecule has 1 heterocycles. The van der Waals surface area contributed by atoms with E-state index >= 15 is 0 Å². The molecule has 0 aliphatic heterocycles. The summed E-state index contributed by atoms with van der Waals surface area (Å²) in [7, 11) is 2.11. The molecule has 1 aromatic rings. The van der Waals surface area contributed by atoms with Gasteiger partial charge in [-0.05, 0) is 37.8 Å². The van der Waals surface area contributed by atoms with Gasteiger partial charge in [0, 0.05) is 24.3 Å². The molecule has 1 saturated carbocycles. The third-order valence-electron chi connectivity index (χ3n) is 4.07. The monoisotopic (exact) mass is 260 g/mol. The van der Waals surface area contributed by atoms with Crippen molar-refractivity contribution >= 4 is 11.7 Å². The summed E-state index contributed by atoms with van der Waals surface area (Å²) in [5.41, 5.74) is 7.27. The lowest BCUT2D eigenvalue weighted by molar-refractivity contribution is 0.335. The van der Waals surface area contributed by atoms with Gasteiger partial charge in [-0.2, -0.15) is 0 Å². The molecule has 1 aliphatic rings. The molecule has 0 amide bonds. The molecule has 0 spiro atoms. The summed E-state index contributed by atoms with van der Waals surface area (Å²) < 4.78 is 0. The van der Waals surface area contributed by atoms with Crippen LogP contribution in [0.5, 0.6) is 0 Å². The van der Waals surface area contributed by atoms with Crippen LogP contribution < -0.4 is 10.6 Å². The summed E-state index contributed by atoms with van der Waals surface area (Å²) >= 11 is 0. The molecule has 2 unspecified atom stereocenters. The predicted molar refractivity (Wildman–Crippen MR) is 79.8 cm³/mol. The smallest absolute Gasteiger partial charge is 0.129 e. The summed E-state index contributed by atoms with van der Waals surface area (Å²) in [4.78, 5) is 6.85. The van der Waals surface area contributed by atoms with Crippen molar-refractivity contribution in [3.8, 4) is 0 Å². The van der Waals surface area contributed by atoms with Crippen LogP contribution in [0.4, 0.5) is 5.82 Å². The molecule has 1 aromatic heterocycles. The highest BCUT2D eigenvalue weighted by molar-refractivity contribution is 5.95. The number of pyridine rings is 1. The Hall–Kier alpha value is -1.58. The fourth-order valence-corrected chi connectivity index (χ4v) is 2.93. The molecule has 2 rings (SSSR count). The van der Waals surface area contributed by atoms with Crippen molar-refractivity contribution in [1.29, 1.82) is 5.41 Å². The van der Waals surface area contributed by atoms with Crippen LogP contribution in [-0.2, 0) is 0 Å². The minimum atomic E-state index is 0.108. The van der Waals surface area contributed by atoms with E-state index < -0.39 is 0 Å². The van der Waals surface area contributed by atoms with Gasteiger partial charge in [0.05, 0.1) is 0 Å². The summed E-state index contributed by atoms with van der Waals surface area (Å²) in [5.74, 6) is 1.83. The lowest BCUT2D eigenvalue weighted by Gasteiger charge is -2.35. The van der Waals surface area contributed by atoms with Gasteiger partial charge in [0.1, 0.15) is 11.7 Å². The van der Waals surface area contributed by atoms with Crippen LogP contribution in [0, 0.1) is 18.3 Å². The Bertz CT molecular complexity index is 469. The van der Waals surface area contributed by atoms with Crippen LogP contribution in [0.1, 0.15) is 43.9 Å². The topological polar surface area (TPSA) is 66.0 Å². The van der Waals surface area contributed by atoms with E-state index in [4.69, 9.17) is 11.1 Å². The second-order valence-electron chi connectivity index (χ2n) is 5.81. The van der Waals surface area contributed by atoms with Gasteiger partial charge < -0.3 is 10.6 Å². The third-order valence-corrected chi connectivity index (χ3v) is 4.07. The van der Waals surface area contributed by atoms with Gasteiger partial charge in [-0.1, -0.05) is 19.8 Å². The highest BCUT2D eigenvalue weighted by atomic mass is 15.2. The lowest BCUT2D eigenvalue weighted by atomic mass is 9.86. The minimum absolute atomic E-state index is 0.108. The standard InChI is InChI=1S/C15H24N4/c1-10-5-4-6-13(7-10)19(3)14-9-12(15(16)17)8-11(2)18-14/h8-10,13H,4-7H2,1-3H3,(H3,16,17). The van der Waals surface area contributed by atoms with Crippen molar-refractivity contribution in [3.63, 3.8) is 0 Å². The molecular formula is C15H24N4. The zero-order valence-electron chi connectivity index (χ0n) is 12.1. The van der Waals surface area contributed by atoms with E-state index in [1.54, 1.807) is 0 Å². The van der Waals surface area contributed by atoms with Gasteiger partial charge in [-0.3, -0.25) is 5.41 Å². The molecule has 1 fully saturated rings. The first-order valence-electron chi connectivity index (χ1n) is 7.03. The molecule has 0 aromatic carbocycles. The molecule has 4 nitrogen and oxygen atoms in total. The molecule has 0 bridgehead atoms. The predicted octanol–water partition coefficient (Wildman–Crippen LogP) is 2.69. The van der Waals surface area contributed by atoms with Gasteiger partial charge in [0.2, 0.25) is 0 Å². The van der Waals surface area contributed by atoms with Crippen molar-refractivity contribution in [2.24, 2.45) is 11.7 Å². The Balaban J connectivity index is 2.22. The average Bonchev–Trinajstić information content (AvgIpc) is 2.37. The number of nitrogens with zero attached hydrogens (tertiary/aromatic N) is 2. The first-order valence-corrected chi connectivity index (χ1v) is 7.03. The first-order chi connectivity index (χ1) is 8.97. The largest absolute Gasteiger partial charge is 0.384 e. The van der Waals surface area contributed by atoms with Crippen molar-refractivity contribution in [2.75, 3.05) is 11.9 Å². The molecule has 19 heavy (non-hydrogen) atoms. The second kappa shape index (κ2) is 5.59. The Morgan fingerprint density at radius 1 is 1.42 bits per heavy atom. The first kappa shape index (κ1) is 13.8. The summed E-state index contributed by atoms with van der Waals surface area (Å²) in [6, 6.07) is 4.34. The van der Waals surface area contributed by atoms with E-state index in [-0.39, 0.29) is 5.84 Å². The van der Waals surface area contributed by atoms with E-state index in [0.717, 1.165) is 23.0 Å². The zero-order valence-corrected chi connectivity index (χ0v) is 12.1. The minimum Gasteiger partial charge on any atom is -0.384 e. The number of aromatic nitrogens is 1. The summed E-state index contributed by atoms with van der Waals surface area (Å²) in [6.07, 6.45) is 5.08. The Kier molecular flexibility index (Phi) is 4.08. The van der Waals surface area contributed by atoms with Crippen LogP contribution in [-0.4, -0.2) is 23.9 Å². The Labute approximate surface area is 115 Å². The number of nitrogens with two attached hydrogens (primary N) is 1. The molecule has 0 saturated heterocycles. The maximum absolute atomic E-state index is 7.58. The summed E-state index contributed by atoms with van der Waals surface area (Å²) in [5, 5.41) is 7.58. The van der Waals surface area contributed by atoms with Crippen LogP contribution in [0.15, 0.2) is 12.1 Å². The lowest BCUT2D eigenvalue weighted by Crippen LogP contribution is -2.36. The van der Waals surface area contributed by atoms with Crippen molar-refractivity contribution < 1.29 is 0 Å². The Morgan fingerprint density at radius 2 is 2.16 bits per heavy atom. The zero-order chi connectivity index (χ0) is 14.0. The fourth-order valence-electron chi connectivity index (χ4n) is 2.93. The van der Waals surface area contributed by atoms with Crippen molar-refractivity contribution in [2.45, 2.75) is 45.6 Å². The number of rotatable bonds is 3. The maximum Gasteiger partial charge on any atom is 0.129 e. The van der Waals surface area contributed by atoms with Crippen LogP contribution >= 0.6 is 0 Å². The molecule has 2 atom stereocenters. The quantitative estimate of drug-likeness (QED) is 0.648. The van der Waals surface area contributed by atoms with E-state index in [1.807, 2.05) is 19.1 Å². The highest BCUT2D eigenvalue weighted by Crippen LogP contribution is 2.29. The number of nitrogen functional groups attached to an aromatic ring is 1. The van der Waals surface area contributed by atoms with Crippen molar-refractivity contribution in [3.05, 3.63) is 23.4 Å². The fraction of sp³-hybridized carbons (Fsp3) is 0.600. The normalized spacial score (nSPS) is 23.1. The number of hydrogen-bond donors (Lipinski definition) is 2. The number of hydrogen-bond acceptors (Lipinski definition) is 3. The van der Waals surface area contributed by atoms with E-state index in [9.17, 15) is 0 Å². The molecule has 104 valence electrons. The third kappa shape index (κ3) is 3.25. The van der Waals surface area contributed by atoms with Gasteiger partial charge in [0.25, 0.3) is 0 Å². The maximum atomic E-state index is 7.58. The van der Waals surface area contributed by atoms with Gasteiger partial charge in [-0.25, -0.2) is 4.98 Å². The molecule has 1 aliphatic carbocycles. The van der Waals surface area contributed by atoms with E-state index in [2.05, 4.69) is 23.9 Å². The average molecular weight is 260 g/mol. The van der Waals surface area contributed by atoms with Gasteiger partial charge in [0.15, 0.2) is 0 Å². The molecule has 4 heteroatoms. The van der Waals surface area contributed by atoms with Gasteiger partial charge in [-0.15, -0.1) is 0 Å².